The van der Waals surface area contributed by atoms with Crippen molar-refractivity contribution in [3.63, 3.8) is 0 Å². The average molecular weight is 1260 g/mol. The predicted molar refractivity (Wildman–Crippen MR) is 375 cm³/mol. The number of allylic oxidation sites excluding steroid dienone is 7. The lowest BCUT2D eigenvalue weighted by Crippen LogP contribution is -2.61. The molecule has 8 atom stereocenters. The third-order valence-electron chi connectivity index (χ3n) is 18.2. The predicted octanol–water partition coefficient (Wildman–Crippen LogP) is 20.3. The summed E-state index contributed by atoms with van der Waals surface area (Å²) in [6.07, 6.45) is 73.1. The largest absolute Gasteiger partial charge is 0.454 e. The number of esters is 1. The number of rotatable bonds is 67. The summed E-state index contributed by atoms with van der Waals surface area (Å²) in [6, 6.07) is -1.02. The van der Waals surface area contributed by atoms with E-state index in [4.69, 9.17) is 14.2 Å². The van der Waals surface area contributed by atoms with Crippen molar-refractivity contribution in [3.8, 4) is 0 Å². The molecular weight excluding hydrogens is 1110 g/mol. The molecule has 522 valence electrons. The number of carbonyl (C=O) groups is 2. The van der Waals surface area contributed by atoms with Crippen molar-refractivity contribution in [2.45, 2.75) is 423 Å². The van der Waals surface area contributed by atoms with E-state index in [1.54, 1.807) is 6.08 Å². The van der Waals surface area contributed by atoms with Crippen LogP contribution in [0.4, 0.5) is 0 Å². The third-order valence-corrected chi connectivity index (χ3v) is 18.2. The highest BCUT2D eigenvalue weighted by Crippen LogP contribution is 2.27. The van der Waals surface area contributed by atoms with Gasteiger partial charge in [0.2, 0.25) is 5.91 Å². The standard InChI is InChI=1S/C78H145NO10/c1-4-7-10-13-16-19-22-24-26-28-30-32-34-35-36-38-39-41-43-45-47-50-53-56-59-62-65-71(82)77(86)79-69(70(81)64-61-58-55-52-49-21-18-15-12-9-6-3)68-87-78-76(75(85)74(84)72(67-80)88-78)89-73(83)66-63-60-57-54-51-48-46-44-42-40-37-33-31-29-27-25-23-20-17-14-11-8-5-2/h16,19,24-27,61,64,69-72,74-76,78,80-82,84-85H,4-15,17-18,20-23,28-60,62-63,65-68H2,1-3H3,(H,79,86)/b19-16-,26-24-,27-25+,64-61+. The van der Waals surface area contributed by atoms with Crippen molar-refractivity contribution < 1.29 is 49.3 Å². The highest BCUT2D eigenvalue weighted by atomic mass is 16.7. The van der Waals surface area contributed by atoms with Crippen molar-refractivity contribution in [3.05, 3.63) is 48.6 Å². The van der Waals surface area contributed by atoms with Crippen LogP contribution in [0, 0.1) is 0 Å². The van der Waals surface area contributed by atoms with Crippen molar-refractivity contribution in [1.82, 2.24) is 5.32 Å². The Balaban J connectivity index is 2.49. The maximum Gasteiger partial charge on any atom is 0.306 e. The molecular formula is C78H145NO10. The van der Waals surface area contributed by atoms with Crippen LogP contribution >= 0.6 is 0 Å². The molecule has 11 heteroatoms. The summed E-state index contributed by atoms with van der Waals surface area (Å²) in [5, 5.41) is 57.3. The van der Waals surface area contributed by atoms with Crippen molar-refractivity contribution >= 4 is 11.9 Å². The zero-order valence-electron chi connectivity index (χ0n) is 58.3. The van der Waals surface area contributed by atoms with Crippen LogP contribution in [0.15, 0.2) is 48.6 Å². The van der Waals surface area contributed by atoms with Gasteiger partial charge < -0.3 is 45.1 Å². The van der Waals surface area contributed by atoms with Gasteiger partial charge in [0.25, 0.3) is 0 Å². The molecule has 0 bridgehead atoms. The second-order valence-corrected chi connectivity index (χ2v) is 26.7. The number of nitrogens with one attached hydrogen (secondary N) is 1. The van der Waals surface area contributed by atoms with Gasteiger partial charge >= 0.3 is 5.97 Å². The molecule has 0 aromatic rings. The van der Waals surface area contributed by atoms with Crippen molar-refractivity contribution in [2.75, 3.05) is 13.2 Å². The van der Waals surface area contributed by atoms with Crippen LogP contribution in [0.1, 0.15) is 374 Å². The van der Waals surface area contributed by atoms with E-state index in [1.807, 2.05) is 6.08 Å². The van der Waals surface area contributed by atoms with Gasteiger partial charge in [-0.05, 0) is 83.5 Å². The normalized spacial score (nSPS) is 18.3. The highest BCUT2D eigenvalue weighted by molar-refractivity contribution is 5.80. The summed E-state index contributed by atoms with van der Waals surface area (Å²) in [7, 11) is 0. The molecule has 1 amide bonds. The summed E-state index contributed by atoms with van der Waals surface area (Å²) < 4.78 is 17.7. The van der Waals surface area contributed by atoms with E-state index in [0.717, 1.165) is 64.2 Å². The van der Waals surface area contributed by atoms with Crippen LogP contribution < -0.4 is 5.32 Å². The molecule has 1 saturated heterocycles. The van der Waals surface area contributed by atoms with Crippen LogP contribution in [0.3, 0.4) is 0 Å². The Morgan fingerprint density at radius 2 is 0.775 bits per heavy atom. The van der Waals surface area contributed by atoms with Crippen LogP contribution in [-0.4, -0.2) is 99.6 Å². The maximum atomic E-state index is 13.5. The zero-order chi connectivity index (χ0) is 64.6. The van der Waals surface area contributed by atoms with Crippen molar-refractivity contribution in [1.29, 1.82) is 0 Å². The summed E-state index contributed by atoms with van der Waals surface area (Å²) in [5.74, 6) is -1.18. The Hall–Kier alpha value is -2.38. The topological polar surface area (TPSA) is 175 Å². The minimum absolute atomic E-state index is 0.127. The van der Waals surface area contributed by atoms with Gasteiger partial charge in [0.1, 0.15) is 24.4 Å². The number of aliphatic hydroxyl groups is 5. The minimum Gasteiger partial charge on any atom is -0.454 e. The third kappa shape index (κ3) is 52.7. The first-order valence-electron chi connectivity index (χ1n) is 38.4. The molecule has 1 rings (SSSR count). The van der Waals surface area contributed by atoms with Gasteiger partial charge in [-0.1, -0.05) is 333 Å². The molecule has 0 aromatic heterocycles. The Labute approximate surface area is 548 Å². The molecule has 0 radical (unpaired) electrons. The molecule has 6 N–H and O–H groups in total. The first-order chi connectivity index (χ1) is 43.7. The molecule has 0 aliphatic carbocycles. The van der Waals surface area contributed by atoms with Gasteiger partial charge in [-0.15, -0.1) is 0 Å². The van der Waals surface area contributed by atoms with Gasteiger partial charge in [-0.25, -0.2) is 0 Å². The fraction of sp³-hybridized carbons (Fsp3) is 0.872. The Morgan fingerprint density at radius 1 is 0.438 bits per heavy atom. The number of aliphatic hydroxyl groups excluding tert-OH is 5. The Bertz CT molecular complexity index is 1640. The Kier molecular flexibility index (Phi) is 62.4. The smallest absolute Gasteiger partial charge is 0.306 e. The lowest BCUT2D eigenvalue weighted by molar-refractivity contribution is -0.305. The number of unbranched alkanes of at least 4 members (excludes halogenated alkanes) is 47. The fourth-order valence-electron chi connectivity index (χ4n) is 12.2. The molecule has 1 fully saturated rings. The quantitative estimate of drug-likeness (QED) is 0.0195. The van der Waals surface area contributed by atoms with Gasteiger partial charge in [0.15, 0.2) is 12.4 Å². The highest BCUT2D eigenvalue weighted by Gasteiger charge is 2.47. The van der Waals surface area contributed by atoms with Crippen LogP contribution in [0.2, 0.25) is 0 Å². The molecule has 11 nitrogen and oxygen atoms in total. The first kappa shape index (κ1) is 84.6. The Morgan fingerprint density at radius 3 is 1.18 bits per heavy atom. The summed E-state index contributed by atoms with van der Waals surface area (Å²) in [4.78, 5) is 26.7. The van der Waals surface area contributed by atoms with Gasteiger partial charge in [0, 0.05) is 6.42 Å². The summed E-state index contributed by atoms with van der Waals surface area (Å²) >= 11 is 0. The van der Waals surface area contributed by atoms with E-state index in [1.165, 1.54) is 263 Å². The van der Waals surface area contributed by atoms with Crippen LogP contribution in [0.25, 0.3) is 0 Å². The molecule has 89 heavy (non-hydrogen) atoms. The second kappa shape index (κ2) is 65.7. The van der Waals surface area contributed by atoms with E-state index in [9.17, 15) is 35.1 Å². The molecule has 1 aliphatic rings. The van der Waals surface area contributed by atoms with E-state index >= 15 is 0 Å². The van der Waals surface area contributed by atoms with E-state index < -0.39 is 67.4 Å². The average Bonchev–Trinajstić information content (AvgIpc) is 2.45. The minimum atomic E-state index is -1.61. The van der Waals surface area contributed by atoms with E-state index in [2.05, 4.69) is 62.5 Å². The number of ether oxygens (including phenoxy) is 3. The summed E-state index contributed by atoms with van der Waals surface area (Å²) in [5.41, 5.74) is 0. The fourth-order valence-corrected chi connectivity index (χ4v) is 12.2. The first-order valence-corrected chi connectivity index (χ1v) is 38.4. The molecule has 8 unspecified atom stereocenters. The number of amides is 1. The molecule has 1 aliphatic heterocycles. The van der Waals surface area contributed by atoms with Gasteiger partial charge in [-0.2, -0.15) is 0 Å². The molecule has 0 saturated carbocycles. The van der Waals surface area contributed by atoms with Crippen LogP contribution in [0.5, 0.6) is 0 Å². The molecule has 1 heterocycles. The lowest BCUT2D eigenvalue weighted by atomic mass is 9.99. The summed E-state index contributed by atoms with van der Waals surface area (Å²) in [6.45, 7) is 5.81. The van der Waals surface area contributed by atoms with Crippen LogP contribution in [-0.2, 0) is 23.8 Å². The van der Waals surface area contributed by atoms with Crippen molar-refractivity contribution in [2.24, 2.45) is 0 Å². The van der Waals surface area contributed by atoms with Gasteiger partial charge in [-0.3, -0.25) is 9.59 Å². The number of carbonyl (C=O) groups excluding carboxylic acids is 2. The molecule has 0 aromatic carbocycles. The number of hydrogen-bond donors (Lipinski definition) is 6. The van der Waals surface area contributed by atoms with E-state index in [-0.39, 0.29) is 13.0 Å². The lowest BCUT2D eigenvalue weighted by Gasteiger charge is -2.41. The van der Waals surface area contributed by atoms with E-state index in [0.29, 0.717) is 19.3 Å². The van der Waals surface area contributed by atoms with Gasteiger partial charge in [0.05, 0.1) is 25.4 Å². The monoisotopic (exact) mass is 1260 g/mol. The zero-order valence-corrected chi connectivity index (χ0v) is 58.3. The second-order valence-electron chi connectivity index (χ2n) is 26.7. The maximum absolute atomic E-state index is 13.5. The molecule has 0 spiro atoms. The number of hydrogen-bond acceptors (Lipinski definition) is 10. The SMILES string of the molecule is CCCCC/C=C\C/C=C\CCCCCCCCCCCCCCCCCCC(O)C(=O)NC(COC1OC(CO)C(O)C(O)C1OC(=O)CCCCCCCCCCCCCCC/C=C/CCCCCCCC)C(O)/C=C/CCCCCCCCCCC.